The number of anilines is 2. The van der Waals surface area contributed by atoms with Crippen molar-refractivity contribution in [2.24, 2.45) is 0 Å². The van der Waals surface area contributed by atoms with Crippen LogP contribution in [0.4, 0.5) is 10.8 Å². The van der Waals surface area contributed by atoms with Gasteiger partial charge in [0.05, 0.1) is 33.6 Å². The van der Waals surface area contributed by atoms with Crippen LogP contribution in [0.2, 0.25) is 0 Å². The number of aromatic nitrogens is 1. The van der Waals surface area contributed by atoms with Crippen molar-refractivity contribution in [2.45, 2.75) is 6.54 Å². The maximum Gasteiger partial charge on any atom is 0.253 e. The molecule has 5 rings (SSSR count). The van der Waals surface area contributed by atoms with Crippen molar-refractivity contribution in [2.75, 3.05) is 52.4 Å². The number of rotatable bonds is 9. The average molecular weight is 545 g/mol. The average Bonchev–Trinajstić information content (AvgIpc) is 3.50. The fourth-order valence-electron chi connectivity index (χ4n) is 4.54. The number of hydrogen-bond acceptors (Lipinski definition) is 8. The fourth-order valence-corrected chi connectivity index (χ4v) is 5.39. The number of ether oxygens (including phenoxy) is 3. The number of hydrogen-bond donors (Lipinski definition) is 1. The lowest BCUT2D eigenvalue weighted by molar-refractivity contribution is 0.0736. The molecule has 1 aliphatic heterocycles. The van der Waals surface area contributed by atoms with Gasteiger partial charge in [0.2, 0.25) is 0 Å². The largest absolute Gasteiger partial charge is 0.497 e. The van der Waals surface area contributed by atoms with E-state index in [0.29, 0.717) is 12.1 Å². The number of amides is 1. The van der Waals surface area contributed by atoms with E-state index in [1.54, 1.807) is 32.7 Å². The first-order chi connectivity index (χ1) is 19.1. The lowest BCUT2D eigenvalue weighted by atomic mass is 10.1. The number of nitrogens with zero attached hydrogens (tertiary/aromatic N) is 3. The molecule has 1 aliphatic rings. The van der Waals surface area contributed by atoms with E-state index in [0.717, 1.165) is 71.1 Å². The van der Waals surface area contributed by atoms with E-state index in [2.05, 4.69) is 10.2 Å². The Morgan fingerprint density at radius 1 is 0.923 bits per heavy atom. The third-order valence-corrected chi connectivity index (χ3v) is 7.60. The van der Waals surface area contributed by atoms with Gasteiger partial charge in [0.15, 0.2) is 5.13 Å². The zero-order valence-electron chi connectivity index (χ0n) is 22.3. The normalized spacial score (nSPS) is 13.2. The minimum atomic E-state index is 0.0758. The summed E-state index contributed by atoms with van der Waals surface area (Å²) in [7, 11) is 4.95. The molecule has 0 radical (unpaired) electrons. The third-order valence-electron chi connectivity index (χ3n) is 6.74. The molecular weight excluding hydrogens is 512 g/mol. The molecule has 1 fully saturated rings. The molecule has 0 bridgehead atoms. The molecular formula is C30H32N4O4S. The standard InChI is InChI=1S/C30H32N4O4S/c1-36-24-10-8-23(9-11-24)34(19-21-4-6-22(7-5-21)29(35)33-16-14-31-15-17-33)30-32-27(20-39-30)26-18-25(37-2)12-13-28(26)38-3/h4-13,18,20,31H,14-17,19H2,1-3H3. The van der Waals surface area contributed by atoms with E-state index in [1.165, 1.54) is 0 Å². The summed E-state index contributed by atoms with van der Waals surface area (Å²) < 4.78 is 16.4. The van der Waals surface area contributed by atoms with Crippen LogP contribution in [0.5, 0.6) is 17.2 Å². The minimum Gasteiger partial charge on any atom is -0.497 e. The number of methoxy groups -OCH3 is 3. The van der Waals surface area contributed by atoms with Gasteiger partial charge in [-0.1, -0.05) is 12.1 Å². The summed E-state index contributed by atoms with van der Waals surface area (Å²) in [5.74, 6) is 2.33. The van der Waals surface area contributed by atoms with Gasteiger partial charge in [-0.05, 0) is 60.2 Å². The van der Waals surface area contributed by atoms with Crippen LogP contribution in [0.1, 0.15) is 15.9 Å². The summed E-state index contributed by atoms with van der Waals surface area (Å²) in [4.78, 5) is 22.0. The highest BCUT2D eigenvalue weighted by molar-refractivity contribution is 7.14. The SMILES string of the molecule is COc1ccc(N(Cc2ccc(C(=O)N3CCNCC3)cc2)c2nc(-c3cc(OC)ccc3OC)cs2)cc1. The molecule has 1 amide bonds. The second-order valence-corrected chi connectivity index (χ2v) is 9.94. The molecule has 8 nitrogen and oxygen atoms in total. The zero-order chi connectivity index (χ0) is 27.2. The summed E-state index contributed by atoms with van der Waals surface area (Å²) in [6.45, 7) is 3.71. The molecule has 0 spiro atoms. The van der Waals surface area contributed by atoms with E-state index in [4.69, 9.17) is 19.2 Å². The smallest absolute Gasteiger partial charge is 0.253 e. The van der Waals surface area contributed by atoms with Crippen molar-refractivity contribution in [3.63, 3.8) is 0 Å². The Hall–Kier alpha value is -4.08. The lowest BCUT2D eigenvalue weighted by Gasteiger charge is -2.27. The predicted octanol–water partition coefficient (Wildman–Crippen LogP) is 5.22. The van der Waals surface area contributed by atoms with E-state index in [1.807, 2.05) is 77.0 Å². The van der Waals surface area contributed by atoms with Crippen molar-refractivity contribution < 1.29 is 19.0 Å². The third kappa shape index (κ3) is 6.00. The van der Waals surface area contributed by atoms with Crippen LogP contribution in [0, 0.1) is 0 Å². The van der Waals surface area contributed by atoms with Gasteiger partial charge in [0, 0.05) is 48.4 Å². The van der Waals surface area contributed by atoms with E-state index in [9.17, 15) is 4.79 Å². The molecule has 202 valence electrons. The molecule has 1 saturated heterocycles. The van der Waals surface area contributed by atoms with Crippen LogP contribution in [0.15, 0.2) is 72.1 Å². The molecule has 0 saturated carbocycles. The second-order valence-electron chi connectivity index (χ2n) is 9.10. The summed E-state index contributed by atoms with van der Waals surface area (Å²) >= 11 is 1.56. The van der Waals surface area contributed by atoms with E-state index >= 15 is 0 Å². The number of piperazine rings is 1. The number of benzene rings is 3. The molecule has 0 aliphatic carbocycles. The van der Waals surface area contributed by atoms with Crippen LogP contribution < -0.4 is 24.4 Å². The van der Waals surface area contributed by atoms with Gasteiger partial charge in [-0.3, -0.25) is 4.79 Å². The van der Waals surface area contributed by atoms with Gasteiger partial charge in [-0.25, -0.2) is 4.98 Å². The minimum absolute atomic E-state index is 0.0758. The van der Waals surface area contributed by atoms with Crippen molar-refractivity contribution in [3.05, 3.63) is 83.2 Å². The maximum atomic E-state index is 12.9. The first-order valence-corrected chi connectivity index (χ1v) is 13.7. The number of nitrogens with one attached hydrogen (secondary N) is 1. The molecule has 4 aromatic rings. The maximum absolute atomic E-state index is 12.9. The Bertz CT molecular complexity index is 1400. The van der Waals surface area contributed by atoms with E-state index < -0.39 is 0 Å². The van der Waals surface area contributed by atoms with Gasteiger partial charge in [-0.2, -0.15) is 0 Å². The molecule has 1 aromatic heterocycles. The van der Waals surface area contributed by atoms with Crippen LogP contribution >= 0.6 is 11.3 Å². The first kappa shape index (κ1) is 26.5. The van der Waals surface area contributed by atoms with Gasteiger partial charge in [0.1, 0.15) is 17.2 Å². The topological polar surface area (TPSA) is 76.2 Å². The first-order valence-electron chi connectivity index (χ1n) is 12.8. The number of carbonyl (C=O) groups excluding carboxylic acids is 1. The molecule has 9 heteroatoms. The van der Waals surface area contributed by atoms with Crippen molar-refractivity contribution in [1.82, 2.24) is 15.2 Å². The van der Waals surface area contributed by atoms with Crippen LogP contribution in [0.3, 0.4) is 0 Å². The van der Waals surface area contributed by atoms with Crippen LogP contribution in [0.25, 0.3) is 11.3 Å². The summed E-state index contributed by atoms with van der Waals surface area (Å²) in [6.07, 6.45) is 0. The number of thiazole rings is 1. The highest BCUT2D eigenvalue weighted by Gasteiger charge is 2.20. The summed E-state index contributed by atoms with van der Waals surface area (Å²) in [5, 5.41) is 6.15. The highest BCUT2D eigenvalue weighted by Crippen LogP contribution is 2.38. The lowest BCUT2D eigenvalue weighted by Crippen LogP contribution is -2.46. The Morgan fingerprint density at radius 3 is 2.28 bits per heavy atom. The summed E-state index contributed by atoms with van der Waals surface area (Å²) in [5.41, 5.74) is 4.43. The van der Waals surface area contributed by atoms with Gasteiger partial charge in [-0.15, -0.1) is 11.3 Å². The zero-order valence-corrected chi connectivity index (χ0v) is 23.2. The molecule has 39 heavy (non-hydrogen) atoms. The predicted molar refractivity (Wildman–Crippen MR) is 155 cm³/mol. The van der Waals surface area contributed by atoms with Crippen molar-refractivity contribution in [3.8, 4) is 28.5 Å². The van der Waals surface area contributed by atoms with Gasteiger partial charge in [0.25, 0.3) is 5.91 Å². The van der Waals surface area contributed by atoms with Gasteiger partial charge >= 0.3 is 0 Å². The Labute approximate surface area is 232 Å². The number of carbonyl (C=O) groups is 1. The highest BCUT2D eigenvalue weighted by atomic mass is 32.1. The molecule has 3 aromatic carbocycles. The Kier molecular flexibility index (Phi) is 8.29. The van der Waals surface area contributed by atoms with Gasteiger partial charge < -0.3 is 29.3 Å². The molecule has 2 heterocycles. The van der Waals surface area contributed by atoms with Crippen molar-refractivity contribution in [1.29, 1.82) is 0 Å². The molecule has 1 N–H and O–H groups in total. The van der Waals surface area contributed by atoms with Crippen LogP contribution in [-0.2, 0) is 6.54 Å². The monoisotopic (exact) mass is 544 g/mol. The quantitative estimate of drug-likeness (QED) is 0.310. The fraction of sp³-hybridized carbons (Fsp3) is 0.267. The summed E-state index contributed by atoms with van der Waals surface area (Å²) in [6, 6.07) is 21.5. The van der Waals surface area contributed by atoms with E-state index in [-0.39, 0.29) is 5.91 Å². The second kappa shape index (κ2) is 12.2. The Morgan fingerprint density at radius 2 is 1.62 bits per heavy atom. The Balaban J connectivity index is 1.44. The van der Waals surface area contributed by atoms with Crippen LogP contribution in [-0.4, -0.2) is 63.3 Å². The van der Waals surface area contributed by atoms with Crippen molar-refractivity contribution >= 4 is 28.1 Å². The molecule has 0 atom stereocenters. The molecule has 0 unspecified atom stereocenters.